The molecule has 1 aliphatic rings. The molecule has 0 saturated heterocycles. The minimum absolute atomic E-state index is 0. The minimum atomic E-state index is 0. The van der Waals surface area contributed by atoms with Crippen LogP contribution in [0.1, 0.15) is 31.5 Å². The third-order valence-corrected chi connectivity index (χ3v) is 3.15. The van der Waals surface area contributed by atoms with Crippen molar-refractivity contribution >= 4 is 0 Å². The molecule has 0 fully saturated rings. The van der Waals surface area contributed by atoms with Gasteiger partial charge >= 0.3 is 0 Å². The normalized spacial score (nSPS) is 13.6. The van der Waals surface area contributed by atoms with E-state index in [1.807, 2.05) is 24.5 Å². The molecule has 0 aromatic carbocycles. The van der Waals surface area contributed by atoms with Crippen LogP contribution in [0.25, 0.3) is 11.3 Å². The van der Waals surface area contributed by atoms with Crippen molar-refractivity contribution in [2.45, 2.75) is 33.1 Å². The number of hydrogen-bond donors (Lipinski definition) is 0. The fourth-order valence-electron chi connectivity index (χ4n) is 2.27. The zero-order valence-corrected chi connectivity index (χ0v) is 9.19. The highest BCUT2D eigenvalue weighted by Crippen LogP contribution is 2.23. The van der Waals surface area contributed by atoms with Crippen LogP contribution < -0.4 is 0 Å². The summed E-state index contributed by atoms with van der Waals surface area (Å²) in [6.07, 6.45) is 8.54. The van der Waals surface area contributed by atoms with E-state index in [0.717, 1.165) is 17.7 Å². The fourth-order valence-corrected chi connectivity index (χ4v) is 2.27. The molecule has 0 atom stereocenters. The van der Waals surface area contributed by atoms with Gasteiger partial charge in [0, 0.05) is 23.7 Å². The Kier molecular flexibility index (Phi) is 3.52. The Hall–Kier alpha value is -1.70. The second kappa shape index (κ2) is 5.09. The molecule has 88 valence electrons. The molecular weight excluding hydrogens is 208 g/mol. The number of aryl methyl sites for hydroxylation is 2. The quantitative estimate of drug-likeness (QED) is 0.741. The number of nitrogens with zero attached hydrogens (tertiary/aromatic N) is 2. The van der Waals surface area contributed by atoms with Crippen LogP contribution in [-0.4, -0.2) is 9.97 Å². The third kappa shape index (κ3) is 2.36. The lowest BCUT2D eigenvalue weighted by Gasteiger charge is -2.15. The molecule has 0 bridgehead atoms. The van der Waals surface area contributed by atoms with Gasteiger partial charge in [0.25, 0.3) is 0 Å². The van der Waals surface area contributed by atoms with Gasteiger partial charge in [-0.15, -0.1) is 0 Å². The number of pyridine rings is 2. The molecule has 2 heteroatoms. The first kappa shape index (κ1) is 11.8. The molecule has 0 N–H and O–H groups in total. The smallest absolute Gasteiger partial charge is 0.0706 e. The van der Waals surface area contributed by atoms with E-state index in [0.29, 0.717) is 0 Å². The van der Waals surface area contributed by atoms with Gasteiger partial charge < -0.3 is 0 Å². The van der Waals surface area contributed by atoms with Gasteiger partial charge in [-0.25, -0.2) is 0 Å². The molecule has 17 heavy (non-hydrogen) atoms. The van der Waals surface area contributed by atoms with Crippen molar-refractivity contribution in [1.82, 2.24) is 9.97 Å². The second-order valence-corrected chi connectivity index (χ2v) is 4.25. The second-order valence-electron chi connectivity index (χ2n) is 4.25. The zero-order chi connectivity index (χ0) is 10.8. The zero-order valence-electron chi connectivity index (χ0n) is 9.19. The van der Waals surface area contributed by atoms with Gasteiger partial charge in [-0.05, 0) is 49.4 Å². The highest BCUT2D eigenvalue weighted by atomic mass is 14.7. The Morgan fingerprint density at radius 2 is 1.65 bits per heavy atom. The van der Waals surface area contributed by atoms with Gasteiger partial charge in [0.1, 0.15) is 0 Å². The summed E-state index contributed by atoms with van der Waals surface area (Å²) in [5.41, 5.74) is 4.95. The first-order valence-electron chi connectivity index (χ1n) is 5.83. The molecular formula is C15H18N2. The molecule has 0 aliphatic heterocycles. The van der Waals surface area contributed by atoms with E-state index in [1.165, 1.54) is 30.5 Å². The van der Waals surface area contributed by atoms with Crippen molar-refractivity contribution in [3.63, 3.8) is 0 Å². The maximum absolute atomic E-state index is 4.76. The molecule has 0 amide bonds. The van der Waals surface area contributed by atoms with E-state index in [2.05, 4.69) is 17.1 Å². The molecule has 0 saturated carbocycles. The summed E-state index contributed by atoms with van der Waals surface area (Å²) in [4.78, 5) is 8.79. The first-order chi connectivity index (χ1) is 7.93. The maximum atomic E-state index is 4.76. The molecule has 0 spiro atoms. The van der Waals surface area contributed by atoms with E-state index in [4.69, 9.17) is 4.98 Å². The molecule has 2 heterocycles. The Bertz CT molecular complexity index is 492. The topological polar surface area (TPSA) is 25.8 Å². The molecule has 2 aromatic rings. The van der Waals surface area contributed by atoms with Gasteiger partial charge in [-0.2, -0.15) is 0 Å². The van der Waals surface area contributed by atoms with E-state index in [1.54, 1.807) is 0 Å². The Morgan fingerprint density at radius 3 is 2.47 bits per heavy atom. The monoisotopic (exact) mass is 226 g/mol. The molecule has 2 aromatic heterocycles. The Labute approximate surface area is 103 Å². The van der Waals surface area contributed by atoms with Crippen LogP contribution in [-0.2, 0) is 12.8 Å². The van der Waals surface area contributed by atoms with Gasteiger partial charge in [0.05, 0.1) is 5.69 Å². The first-order valence-corrected chi connectivity index (χ1v) is 5.83. The largest absolute Gasteiger partial charge is 0.265 e. The Morgan fingerprint density at radius 1 is 0.882 bits per heavy atom. The lowest BCUT2D eigenvalue weighted by Crippen LogP contribution is -2.05. The van der Waals surface area contributed by atoms with Crippen molar-refractivity contribution in [1.29, 1.82) is 0 Å². The summed E-state index contributed by atoms with van der Waals surface area (Å²) in [5.74, 6) is 0. The van der Waals surface area contributed by atoms with E-state index >= 15 is 0 Å². The number of hydrogen-bond acceptors (Lipinski definition) is 2. The highest BCUT2D eigenvalue weighted by molar-refractivity contribution is 5.58. The van der Waals surface area contributed by atoms with Crippen molar-refractivity contribution in [2.75, 3.05) is 0 Å². The van der Waals surface area contributed by atoms with Crippen LogP contribution in [0.5, 0.6) is 0 Å². The van der Waals surface area contributed by atoms with Crippen LogP contribution in [0.15, 0.2) is 36.7 Å². The molecule has 1 aliphatic carbocycles. The van der Waals surface area contributed by atoms with Crippen molar-refractivity contribution < 1.29 is 0 Å². The van der Waals surface area contributed by atoms with Crippen LogP contribution in [0.4, 0.5) is 0 Å². The van der Waals surface area contributed by atoms with Crippen LogP contribution in [0, 0.1) is 0 Å². The lowest BCUT2D eigenvalue weighted by atomic mass is 9.95. The fraction of sp³-hybridized carbons (Fsp3) is 0.333. The number of fused-ring (bicyclic) bond motifs is 1. The van der Waals surface area contributed by atoms with E-state index < -0.39 is 0 Å². The van der Waals surface area contributed by atoms with Gasteiger partial charge in [-0.1, -0.05) is 13.5 Å². The highest BCUT2D eigenvalue weighted by Gasteiger charge is 2.11. The Balaban J connectivity index is 0.00000108. The summed E-state index contributed by atoms with van der Waals surface area (Å²) in [6, 6.07) is 8.38. The number of rotatable bonds is 1. The predicted molar refractivity (Wildman–Crippen MR) is 70.8 cm³/mol. The number of aromatic nitrogens is 2. The van der Waals surface area contributed by atoms with E-state index in [9.17, 15) is 0 Å². The van der Waals surface area contributed by atoms with Crippen LogP contribution in [0.2, 0.25) is 0 Å². The SMILES string of the molecule is C.c1cc(-c2ccc3c(n2)CCCC3)ccn1. The summed E-state index contributed by atoms with van der Waals surface area (Å²) in [5, 5.41) is 0. The van der Waals surface area contributed by atoms with Crippen LogP contribution in [0.3, 0.4) is 0 Å². The maximum Gasteiger partial charge on any atom is 0.0706 e. The summed E-state index contributed by atoms with van der Waals surface area (Å²) in [6.45, 7) is 0. The van der Waals surface area contributed by atoms with Gasteiger partial charge in [0.15, 0.2) is 0 Å². The summed E-state index contributed by atoms with van der Waals surface area (Å²) < 4.78 is 0. The van der Waals surface area contributed by atoms with Gasteiger partial charge in [0.2, 0.25) is 0 Å². The molecule has 0 radical (unpaired) electrons. The van der Waals surface area contributed by atoms with E-state index in [-0.39, 0.29) is 7.43 Å². The van der Waals surface area contributed by atoms with Gasteiger partial charge in [-0.3, -0.25) is 9.97 Å². The molecule has 0 unspecified atom stereocenters. The van der Waals surface area contributed by atoms with Crippen LogP contribution >= 0.6 is 0 Å². The predicted octanol–water partition coefficient (Wildman–Crippen LogP) is 3.66. The summed E-state index contributed by atoms with van der Waals surface area (Å²) >= 11 is 0. The lowest BCUT2D eigenvalue weighted by molar-refractivity contribution is 0.668. The van der Waals surface area contributed by atoms with Crippen molar-refractivity contribution in [2.24, 2.45) is 0 Å². The average molecular weight is 226 g/mol. The molecule has 2 nitrogen and oxygen atoms in total. The molecule has 3 rings (SSSR count). The average Bonchev–Trinajstić information content (AvgIpc) is 2.39. The minimum Gasteiger partial charge on any atom is -0.265 e. The van der Waals surface area contributed by atoms with Crippen molar-refractivity contribution in [3.05, 3.63) is 47.9 Å². The standard InChI is InChI=1S/C14H14N2.CH4/c1-2-4-13-11(3-1)5-6-14(16-13)12-7-9-15-10-8-12;/h5-10H,1-4H2;1H4. The van der Waals surface area contributed by atoms with Crippen molar-refractivity contribution in [3.8, 4) is 11.3 Å². The third-order valence-electron chi connectivity index (χ3n) is 3.15. The summed E-state index contributed by atoms with van der Waals surface area (Å²) in [7, 11) is 0.